The van der Waals surface area contributed by atoms with E-state index in [2.05, 4.69) is 118 Å². The van der Waals surface area contributed by atoms with Crippen molar-refractivity contribution in [1.82, 2.24) is 0 Å². The molecule has 3 N–H and O–H groups in total. The number of unbranched alkanes of at least 4 members (excludes halogenated alkanes) is 22. The van der Waals surface area contributed by atoms with E-state index in [-0.39, 0.29) is 25.9 Å². The van der Waals surface area contributed by atoms with Gasteiger partial charge in [-0.15, -0.1) is 0 Å². The molecule has 0 aromatic heterocycles. The summed E-state index contributed by atoms with van der Waals surface area (Å²) in [5.74, 6) is -3.15. The second-order valence-electron chi connectivity index (χ2n) is 20.9. The number of aliphatic hydroxyl groups excluding tert-OH is 2. The molecule has 12 nitrogen and oxygen atoms in total. The van der Waals surface area contributed by atoms with Crippen molar-refractivity contribution in [3.05, 3.63) is 97.2 Å². The standard InChI is InChI=1S/C67H110O12/c1-4-7-10-13-16-19-22-24-26-28-30-32-34-36-39-41-44-47-50-53-59(68)75-56-58(77-60(69)54-51-48-45-42-38-21-18-15-12-9-6-3)57-76-67-65(63(72)62(71)64(79-67)66(73)74)78-61(70)55-52-49-46-43-40-37-35-33-31-29-27-25-23-20-17-14-11-8-5-2/h7-8,10-11,16-17,19-20,24-27,30-33,58,62-65,67,71-72H,4-6,9,12-15,18,21-23,28-29,34-57H2,1-3H3,(H,73,74)/b10-7-,11-8-,19-16-,20-17-,26-24-,27-25-,32-30-,33-31-. The molecule has 6 atom stereocenters. The normalized spacial score (nSPS) is 18.5. The van der Waals surface area contributed by atoms with Crippen molar-refractivity contribution in [2.45, 2.75) is 289 Å². The summed E-state index contributed by atoms with van der Waals surface area (Å²) in [5, 5.41) is 31.5. The van der Waals surface area contributed by atoms with Crippen LogP contribution in [0.2, 0.25) is 0 Å². The van der Waals surface area contributed by atoms with E-state index in [4.69, 9.17) is 23.7 Å². The van der Waals surface area contributed by atoms with E-state index in [1.165, 1.54) is 44.9 Å². The number of carbonyl (C=O) groups is 4. The summed E-state index contributed by atoms with van der Waals surface area (Å²) < 4.78 is 28.5. The third-order valence-electron chi connectivity index (χ3n) is 13.7. The second-order valence-corrected chi connectivity index (χ2v) is 20.9. The Morgan fingerprint density at radius 1 is 0.430 bits per heavy atom. The maximum absolute atomic E-state index is 13.1. The molecule has 0 aromatic rings. The molecule has 1 fully saturated rings. The molecule has 0 amide bonds. The Morgan fingerprint density at radius 2 is 0.797 bits per heavy atom. The van der Waals surface area contributed by atoms with Gasteiger partial charge in [0, 0.05) is 19.3 Å². The van der Waals surface area contributed by atoms with Crippen molar-refractivity contribution in [2.75, 3.05) is 13.2 Å². The molecule has 0 aromatic carbocycles. The van der Waals surface area contributed by atoms with Gasteiger partial charge in [0.15, 0.2) is 24.6 Å². The minimum Gasteiger partial charge on any atom is -0.479 e. The summed E-state index contributed by atoms with van der Waals surface area (Å²) >= 11 is 0. The quantitative estimate of drug-likeness (QED) is 0.0228. The smallest absolute Gasteiger partial charge is 0.335 e. The Kier molecular flexibility index (Phi) is 49.9. The molecule has 1 aliphatic rings. The fraction of sp³-hybridized carbons (Fsp3) is 0.701. The lowest BCUT2D eigenvalue weighted by atomic mass is 9.98. The van der Waals surface area contributed by atoms with Gasteiger partial charge in [-0.25, -0.2) is 4.79 Å². The van der Waals surface area contributed by atoms with Crippen LogP contribution in [-0.4, -0.2) is 89.2 Å². The summed E-state index contributed by atoms with van der Waals surface area (Å²) in [6.45, 7) is 5.75. The molecule has 79 heavy (non-hydrogen) atoms. The van der Waals surface area contributed by atoms with Crippen LogP contribution in [0, 0.1) is 0 Å². The number of esters is 3. The predicted octanol–water partition coefficient (Wildman–Crippen LogP) is 16.5. The molecular weight excluding hydrogens is 997 g/mol. The van der Waals surface area contributed by atoms with Crippen molar-refractivity contribution in [2.24, 2.45) is 0 Å². The average Bonchev–Trinajstić information content (AvgIpc) is 3.48. The number of hydrogen-bond donors (Lipinski definition) is 3. The first-order chi connectivity index (χ1) is 38.6. The molecule has 0 saturated carbocycles. The lowest BCUT2D eigenvalue weighted by molar-refractivity contribution is -0.301. The first-order valence-corrected chi connectivity index (χ1v) is 31.2. The Labute approximate surface area is 479 Å². The Hall–Kier alpha value is -4.36. The van der Waals surface area contributed by atoms with E-state index in [9.17, 15) is 34.5 Å². The van der Waals surface area contributed by atoms with Crippen molar-refractivity contribution in [3.8, 4) is 0 Å². The fourth-order valence-corrected chi connectivity index (χ4v) is 8.94. The van der Waals surface area contributed by atoms with Gasteiger partial charge in [-0.2, -0.15) is 0 Å². The zero-order valence-electron chi connectivity index (χ0n) is 49.6. The maximum Gasteiger partial charge on any atom is 0.335 e. The number of carboxylic acid groups (broad SMARTS) is 1. The molecule has 1 rings (SSSR count). The summed E-state index contributed by atoms with van der Waals surface area (Å²) in [6, 6.07) is 0. The van der Waals surface area contributed by atoms with Gasteiger partial charge >= 0.3 is 23.9 Å². The van der Waals surface area contributed by atoms with E-state index in [1.54, 1.807) is 0 Å². The highest BCUT2D eigenvalue weighted by molar-refractivity contribution is 5.74. The summed E-state index contributed by atoms with van der Waals surface area (Å²) in [6.07, 6.45) is 59.4. The molecule has 1 aliphatic heterocycles. The van der Waals surface area contributed by atoms with Gasteiger partial charge in [0.2, 0.25) is 0 Å². The van der Waals surface area contributed by atoms with E-state index >= 15 is 0 Å². The summed E-state index contributed by atoms with van der Waals surface area (Å²) in [7, 11) is 0. The number of ether oxygens (including phenoxy) is 5. The summed E-state index contributed by atoms with van der Waals surface area (Å²) in [5.41, 5.74) is 0. The Morgan fingerprint density at radius 3 is 1.22 bits per heavy atom. The molecule has 450 valence electrons. The molecule has 6 unspecified atom stereocenters. The van der Waals surface area contributed by atoms with Crippen LogP contribution in [0.3, 0.4) is 0 Å². The number of carbonyl (C=O) groups excluding carboxylic acids is 3. The van der Waals surface area contributed by atoms with E-state index < -0.39 is 67.3 Å². The molecule has 0 radical (unpaired) electrons. The van der Waals surface area contributed by atoms with Gasteiger partial charge in [-0.1, -0.05) is 234 Å². The third-order valence-corrected chi connectivity index (χ3v) is 13.7. The van der Waals surface area contributed by atoms with E-state index in [1.807, 2.05) is 0 Å². The predicted molar refractivity (Wildman–Crippen MR) is 321 cm³/mol. The Balaban J connectivity index is 2.65. The maximum atomic E-state index is 13.1. The van der Waals surface area contributed by atoms with Gasteiger partial charge in [-0.3, -0.25) is 14.4 Å². The van der Waals surface area contributed by atoms with Gasteiger partial charge in [0.1, 0.15) is 18.8 Å². The van der Waals surface area contributed by atoms with E-state index in [0.717, 1.165) is 148 Å². The molecule has 0 aliphatic carbocycles. The number of hydrogen-bond acceptors (Lipinski definition) is 11. The molecular formula is C67H110O12. The number of aliphatic carboxylic acids is 1. The van der Waals surface area contributed by atoms with Gasteiger partial charge in [0.05, 0.1) is 6.61 Å². The van der Waals surface area contributed by atoms with Gasteiger partial charge in [0.25, 0.3) is 0 Å². The highest BCUT2D eigenvalue weighted by atomic mass is 16.7. The van der Waals surface area contributed by atoms with Crippen LogP contribution < -0.4 is 0 Å². The molecule has 0 bridgehead atoms. The first-order valence-electron chi connectivity index (χ1n) is 31.2. The lowest BCUT2D eigenvalue weighted by Crippen LogP contribution is -2.61. The minimum absolute atomic E-state index is 0.0399. The zero-order valence-corrected chi connectivity index (χ0v) is 49.6. The van der Waals surface area contributed by atoms with Crippen LogP contribution in [0.5, 0.6) is 0 Å². The first kappa shape index (κ1) is 72.7. The van der Waals surface area contributed by atoms with Gasteiger partial charge in [-0.05, 0) is 96.3 Å². The van der Waals surface area contributed by atoms with Crippen LogP contribution in [0.4, 0.5) is 0 Å². The number of carboxylic acids is 1. The zero-order chi connectivity index (χ0) is 57.5. The van der Waals surface area contributed by atoms with Gasteiger partial charge < -0.3 is 39.0 Å². The number of allylic oxidation sites excluding steroid dienone is 16. The summed E-state index contributed by atoms with van der Waals surface area (Å²) in [4.78, 5) is 51.2. The second kappa shape index (κ2) is 54.2. The SMILES string of the molecule is CC/C=C\C/C=C\C/C=C\C/C=C\CCCCCCCCC(=O)OCC(COC1OC(C(=O)O)C(O)C(O)C1OC(=O)CCCCCCCC/C=C\C/C=C\C/C=C\C/C=C\CC)OC(=O)CCCCCCCCCCCCC. The molecule has 1 saturated heterocycles. The van der Waals surface area contributed by atoms with Crippen molar-refractivity contribution >= 4 is 23.9 Å². The number of aliphatic hydroxyl groups is 2. The lowest BCUT2D eigenvalue weighted by Gasteiger charge is -2.40. The van der Waals surface area contributed by atoms with Crippen LogP contribution in [0.25, 0.3) is 0 Å². The molecule has 1 heterocycles. The third kappa shape index (κ3) is 44.0. The average molecular weight is 1110 g/mol. The molecule has 12 heteroatoms. The van der Waals surface area contributed by atoms with Crippen LogP contribution in [-0.2, 0) is 42.9 Å². The Bertz CT molecular complexity index is 1740. The number of rotatable bonds is 52. The highest BCUT2D eigenvalue weighted by Crippen LogP contribution is 2.26. The largest absolute Gasteiger partial charge is 0.479 e. The minimum atomic E-state index is -1.91. The van der Waals surface area contributed by atoms with Crippen molar-refractivity contribution < 1.29 is 58.2 Å². The van der Waals surface area contributed by atoms with Crippen LogP contribution in [0.15, 0.2) is 97.2 Å². The highest BCUT2D eigenvalue weighted by Gasteiger charge is 2.50. The monoisotopic (exact) mass is 1110 g/mol. The van der Waals surface area contributed by atoms with Crippen LogP contribution >= 0.6 is 0 Å². The van der Waals surface area contributed by atoms with Crippen LogP contribution in [0.1, 0.15) is 252 Å². The van der Waals surface area contributed by atoms with Crippen molar-refractivity contribution in [1.29, 1.82) is 0 Å². The topological polar surface area (TPSA) is 175 Å². The fourth-order valence-electron chi connectivity index (χ4n) is 8.94. The van der Waals surface area contributed by atoms with Crippen molar-refractivity contribution in [3.63, 3.8) is 0 Å². The van der Waals surface area contributed by atoms with E-state index in [0.29, 0.717) is 19.3 Å². The molecule has 0 spiro atoms.